The lowest BCUT2D eigenvalue weighted by Crippen LogP contribution is -2.32. The molecule has 0 saturated carbocycles. The summed E-state index contributed by atoms with van der Waals surface area (Å²) in [6.45, 7) is 7.13. The number of hydrogen-bond donors (Lipinski definition) is 2. The van der Waals surface area contributed by atoms with Gasteiger partial charge in [-0.05, 0) is 45.4 Å². The topological polar surface area (TPSA) is 117 Å². The van der Waals surface area contributed by atoms with Crippen LogP contribution in [0, 0.1) is 0 Å². The fourth-order valence-electron chi connectivity index (χ4n) is 3.20. The van der Waals surface area contributed by atoms with Gasteiger partial charge in [0.2, 0.25) is 0 Å². The van der Waals surface area contributed by atoms with E-state index in [-0.39, 0.29) is 19.8 Å². The number of esters is 2. The van der Waals surface area contributed by atoms with Crippen molar-refractivity contribution >= 4 is 17.8 Å². The number of ether oxygens (including phenoxy) is 3. The SMILES string of the molecule is CCOC(=O)C1=C(C)NC(C)=C(C(=O)OCC)C1c1ccc(OCC(N)=O)cc1. The standard InChI is InChI=1S/C21H26N2O6/c1-5-27-20(25)17-12(3)23-13(4)18(21(26)28-6-2)19(17)14-7-9-15(10-8-14)29-11-16(22)24/h7-10,19,23H,5-6,11H2,1-4H3,(H2,22,24). The predicted molar refractivity (Wildman–Crippen MR) is 106 cm³/mol. The number of carbonyl (C=O) groups excluding carboxylic acids is 3. The van der Waals surface area contributed by atoms with Crippen LogP contribution in [0.25, 0.3) is 0 Å². The van der Waals surface area contributed by atoms with Crippen LogP contribution < -0.4 is 15.8 Å². The van der Waals surface area contributed by atoms with E-state index in [4.69, 9.17) is 19.9 Å². The van der Waals surface area contributed by atoms with Gasteiger partial charge < -0.3 is 25.3 Å². The highest BCUT2D eigenvalue weighted by atomic mass is 16.5. The Morgan fingerprint density at radius 2 is 1.41 bits per heavy atom. The van der Waals surface area contributed by atoms with Crippen LogP contribution in [0.15, 0.2) is 46.8 Å². The summed E-state index contributed by atoms with van der Waals surface area (Å²) in [4.78, 5) is 36.3. The second-order valence-corrected chi connectivity index (χ2v) is 6.40. The maximum atomic E-state index is 12.7. The number of dihydropyridines is 1. The van der Waals surface area contributed by atoms with E-state index in [2.05, 4.69) is 5.32 Å². The molecule has 156 valence electrons. The van der Waals surface area contributed by atoms with Crippen molar-refractivity contribution in [2.45, 2.75) is 33.6 Å². The number of benzene rings is 1. The summed E-state index contributed by atoms with van der Waals surface area (Å²) in [6, 6.07) is 6.75. The van der Waals surface area contributed by atoms with Crippen molar-refractivity contribution < 1.29 is 28.6 Å². The number of rotatable bonds is 8. The van der Waals surface area contributed by atoms with Crippen molar-refractivity contribution in [1.29, 1.82) is 0 Å². The minimum atomic E-state index is -0.667. The Kier molecular flexibility index (Phi) is 7.41. The van der Waals surface area contributed by atoms with Gasteiger partial charge in [-0.1, -0.05) is 12.1 Å². The van der Waals surface area contributed by atoms with Crippen LogP contribution in [0.1, 0.15) is 39.2 Å². The molecular weight excluding hydrogens is 376 g/mol. The Labute approximate surface area is 169 Å². The summed E-state index contributed by atoms with van der Waals surface area (Å²) in [5, 5.41) is 3.08. The zero-order chi connectivity index (χ0) is 21.6. The van der Waals surface area contributed by atoms with Crippen LogP contribution in [0.3, 0.4) is 0 Å². The van der Waals surface area contributed by atoms with Crippen molar-refractivity contribution in [2.75, 3.05) is 19.8 Å². The molecule has 8 nitrogen and oxygen atoms in total. The maximum Gasteiger partial charge on any atom is 0.336 e. The lowest BCUT2D eigenvalue weighted by Gasteiger charge is -2.30. The monoisotopic (exact) mass is 402 g/mol. The van der Waals surface area contributed by atoms with Crippen LogP contribution in [0.5, 0.6) is 5.75 Å². The summed E-state index contributed by atoms with van der Waals surface area (Å²) < 4.78 is 15.7. The van der Waals surface area contributed by atoms with Gasteiger partial charge in [-0.3, -0.25) is 4.79 Å². The van der Waals surface area contributed by atoms with Gasteiger partial charge in [0.05, 0.1) is 30.3 Å². The fourth-order valence-corrected chi connectivity index (χ4v) is 3.20. The van der Waals surface area contributed by atoms with E-state index in [1.54, 1.807) is 52.0 Å². The van der Waals surface area contributed by atoms with E-state index in [0.29, 0.717) is 33.9 Å². The first-order valence-electron chi connectivity index (χ1n) is 9.33. The summed E-state index contributed by atoms with van der Waals surface area (Å²) in [5.41, 5.74) is 7.66. The molecule has 1 aliphatic heterocycles. The van der Waals surface area contributed by atoms with Gasteiger partial charge >= 0.3 is 11.9 Å². The van der Waals surface area contributed by atoms with E-state index in [1.807, 2.05) is 0 Å². The molecule has 0 bridgehead atoms. The molecule has 0 aliphatic carbocycles. The van der Waals surface area contributed by atoms with E-state index in [0.717, 1.165) is 0 Å². The molecule has 1 aromatic rings. The molecule has 0 saturated heterocycles. The third kappa shape index (κ3) is 5.16. The van der Waals surface area contributed by atoms with Crippen molar-refractivity contribution in [1.82, 2.24) is 5.32 Å². The first-order chi connectivity index (χ1) is 13.8. The number of allylic oxidation sites excluding steroid dienone is 2. The Morgan fingerprint density at radius 1 is 0.931 bits per heavy atom. The number of nitrogens with two attached hydrogens (primary N) is 1. The van der Waals surface area contributed by atoms with Crippen molar-refractivity contribution in [3.05, 3.63) is 52.4 Å². The van der Waals surface area contributed by atoms with E-state index < -0.39 is 23.8 Å². The second-order valence-electron chi connectivity index (χ2n) is 6.40. The lowest BCUT2D eigenvalue weighted by atomic mass is 9.80. The Morgan fingerprint density at radius 3 is 1.83 bits per heavy atom. The molecule has 1 aliphatic rings. The number of primary amides is 1. The summed E-state index contributed by atoms with van der Waals surface area (Å²) in [6.07, 6.45) is 0. The largest absolute Gasteiger partial charge is 0.484 e. The second kappa shape index (κ2) is 9.77. The van der Waals surface area contributed by atoms with Crippen molar-refractivity contribution in [2.24, 2.45) is 5.73 Å². The molecular formula is C21H26N2O6. The predicted octanol–water partition coefficient (Wildman–Crippen LogP) is 1.91. The summed E-state index contributed by atoms with van der Waals surface area (Å²) in [5.74, 6) is -1.83. The molecule has 1 aromatic carbocycles. The third-order valence-corrected chi connectivity index (χ3v) is 4.35. The molecule has 1 amide bonds. The molecule has 0 atom stereocenters. The zero-order valence-corrected chi connectivity index (χ0v) is 17.0. The molecule has 0 fully saturated rings. The first kappa shape index (κ1) is 22.0. The highest BCUT2D eigenvalue weighted by Gasteiger charge is 2.37. The van der Waals surface area contributed by atoms with Crippen LogP contribution in [0.2, 0.25) is 0 Å². The van der Waals surface area contributed by atoms with Crippen LogP contribution in [0.4, 0.5) is 0 Å². The third-order valence-electron chi connectivity index (χ3n) is 4.35. The maximum absolute atomic E-state index is 12.7. The zero-order valence-electron chi connectivity index (χ0n) is 17.0. The highest BCUT2D eigenvalue weighted by molar-refractivity contribution is 5.99. The number of carbonyl (C=O) groups is 3. The molecule has 29 heavy (non-hydrogen) atoms. The highest BCUT2D eigenvalue weighted by Crippen LogP contribution is 2.39. The molecule has 0 unspecified atom stereocenters. The average molecular weight is 402 g/mol. The van der Waals surface area contributed by atoms with Crippen LogP contribution in [-0.4, -0.2) is 37.7 Å². The van der Waals surface area contributed by atoms with Crippen molar-refractivity contribution in [3.8, 4) is 5.75 Å². The summed E-state index contributed by atoms with van der Waals surface area (Å²) >= 11 is 0. The molecule has 2 rings (SSSR count). The normalized spacial score (nSPS) is 14.3. The fraction of sp³-hybridized carbons (Fsp3) is 0.381. The minimum Gasteiger partial charge on any atom is -0.484 e. The Hall–Kier alpha value is -3.29. The summed E-state index contributed by atoms with van der Waals surface area (Å²) in [7, 11) is 0. The van der Waals surface area contributed by atoms with Gasteiger partial charge in [-0.2, -0.15) is 0 Å². The van der Waals surface area contributed by atoms with Gasteiger partial charge in [-0.25, -0.2) is 9.59 Å². The molecule has 8 heteroatoms. The van der Waals surface area contributed by atoms with E-state index in [9.17, 15) is 14.4 Å². The van der Waals surface area contributed by atoms with Gasteiger partial charge in [0, 0.05) is 11.4 Å². The molecule has 0 aromatic heterocycles. The first-order valence-corrected chi connectivity index (χ1v) is 9.33. The van der Waals surface area contributed by atoms with Gasteiger partial charge in [0.25, 0.3) is 5.91 Å². The quantitative estimate of drug-likeness (QED) is 0.638. The van der Waals surface area contributed by atoms with Crippen LogP contribution >= 0.6 is 0 Å². The number of amides is 1. The minimum absolute atomic E-state index is 0.208. The molecule has 0 radical (unpaired) electrons. The van der Waals surface area contributed by atoms with Gasteiger partial charge in [0.1, 0.15) is 5.75 Å². The van der Waals surface area contributed by atoms with Gasteiger partial charge in [-0.15, -0.1) is 0 Å². The molecule has 0 spiro atoms. The lowest BCUT2D eigenvalue weighted by molar-refractivity contribution is -0.139. The average Bonchev–Trinajstić information content (AvgIpc) is 2.66. The Balaban J connectivity index is 2.51. The van der Waals surface area contributed by atoms with Crippen LogP contribution in [-0.2, 0) is 23.9 Å². The smallest absolute Gasteiger partial charge is 0.336 e. The molecule has 1 heterocycles. The number of nitrogens with one attached hydrogen (secondary N) is 1. The van der Waals surface area contributed by atoms with E-state index >= 15 is 0 Å². The number of hydrogen-bond acceptors (Lipinski definition) is 7. The Bertz CT molecular complexity index is 814. The van der Waals surface area contributed by atoms with Crippen molar-refractivity contribution in [3.63, 3.8) is 0 Å². The molecule has 3 N–H and O–H groups in total. The van der Waals surface area contributed by atoms with E-state index in [1.165, 1.54) is 0 Å². The van der Waals surface area contributed by atoms with Gasteiger partial charge in [0.15, 0.2) is 6.61 Å².